The third-order valence-corrected chi connectivity index (χ3v) is 5.16. The minimum atomic E-state index is -0.300. The second-order valence-corrected chi connectivity index (χ2v) is 6.99. The molecule has 1 N–H and O–H groups in total. The molecule has 0 spiro atoms. The number of aromatic nitrogens is 2. The fourth-order valence-electron chi connectivity index (χ4n) is 3.73. The summed E-state index contributed by atoms with van der Waals surface area (Å²) in [6.45, 7) is 3.43. The number of nitrogens with zero attached hydrogens (tertiary/aromatic N) is 3. The Morgan fingerprint density at radius 1 is 1.17 bits per heavy atom. The standard InChI is InChI=1S/C22H24N4O3/c1-2-25(16-9-4-3-5-10-16)22(28)19-18-12-6-7-13-26(18)20(24-19)21(27)23-15-17-11-8-14-29-17/h3-5,8-11,14H,2,6-7,12-13,15H2,1H3,(H,23,27). The zero-order valence-corrected chi connectivity index (χ0v) is 16.4. The van der Waals surface area contributed by atoms with Gasteiger partial charge in [-0.15, -0.1) is 0 Å². The molecule has 3 aromatic rings. The van der Waals surface area contributed by atoms with E-state index in [1.165, 1.54) is 0 Å². The molecule has 1 aromatic carbocycles. The number of carbonyl (C=O) groups is 2. The number of nitrogens with one attached hydrogen (secondary N) is 1. The first-order chi connectivity index (χ1) is 14.2. The van der Waals surface area contributed by atoms with E-state index in [1.54, 1.807) is 23.3 Å². The smallest absolute Gasteiger partial charge is 0.287 e. The topological polar surface area (TPSA) is 80.4 Å². The highest BCUT2D eigenvalue weighted by atomic mass is 16.3. The molecule has 29 heavy (non-hydrogen) atoms. The number of para-hydroxylation sites is 1. The normalized spacial score (nSPS) is 13.0. The van der Waals surface area contributed by atoms with Crippen LogP contribution in [0.25, 0.3) is 0 Å². The summed E-state index contributed by atoms with van der Waals surface area (Å²) in [5, 5.41) is 2.84. The molecule has 7 heteroatoms. The fraction of sp³-hybridized carbons (Fsp3) is 0.318. The third kappa shape index (κ3) is 3.81. The molecule has 2 aromatic heterocycles. The number of anilines is 1. The van der Waals surface area contributed by atoms with Crippen molar-refractivity contribution in [3.8, 4) is 0 Å². The third-order valence-electron chi connectivity index (χ3n) is 5.16. The molecular formula is C22H24N4O3. The van der Waals surface area contributed by atoms with Gasteiger partial charge in [0.2, 0.25) is 0 Å². The van der Waals surface area contributed by atoms with E-state index in [0.717, 1.165) is 30.6 Å². The molecule has 0 radical (unpaired) electrons. The zero-order valence-electron chi connectivity index (χ0n) is 16.4. The number of hydrogen-bond acceptors (Lipinski definition) is 4. The minimum Gasteiger partial charge on any atom is -0.467 e. The van der Waals surface area contributed by atoms with Crippen LogP contribution in [0.5, 0.6) is 0 Å². The lowest BCUT2D eigenvalue weighted by molar-refractivity contribution is 0.0932. The number of carbonyl (C=O) groups excluding carboxylic acids is 2. The van der Waals surface area contributed by atoms with Gasteiger partial charge < -0.3 is 19.2 Å². The largest absolute Gasteiger partial charge is 0.467 e. The molecule has 150 valence electrons. The SMILES string of the molecule is CCN(C(=O)c1nc(C(=O)NCc2ccco2)n2c1CCCC2)c1ccccc1. The molecule has 2 amide bonds. The van der Waals surface area contributed by atoms with Crippen molar-refractivity contribution in [3.05, 3.63) is 71.7 Å². The summed E-state index contributed by atoms with van der Waals surface area (Å²) >= 11 is 0. The van der Waals surface area contributed by atoms with Gasteiger partial charge in [0, 0.05) is 18.8 Å². The van der Waals surface area contributed by atoms with Crippen LogP contribution in [0.4, 0.5) is 5.69 Å². The van der Waals surface area contributed by atoms with E-state index in [9.17, 15) is 9.59 Å². The van der Waals surface area contributed by atoms with E-state index >= 15 is 0 Å². The van der Waals surface area contributed by atoms with Gasteiger partial charge >= 0.3 is 0 Å². The van der Waals surface area contributed by atoms with E-state index < -0.39 is 0 Å². The maximum absolute atomic E-state index is 13.3. The molecule has 1 aliphatic rings. The molecule has 7 nitrogen and oxygen atoms in total. The Morgan fingerprint density at radius 2 is 2.00 bits per heavy atom. The lowest BCUT2D eigenvalue weighted by atomic mass is 10.1. The second-order valence-electron chi connectivity index (χ2n) is 6.99. The van der Waals surface area contributed by atoms with Crippen molar-refractivity contribution in [2.45, 2.75) is 39.3 Å². The summed E-state index contributed by atoms with van der Waals surface area (Å²) in [6.07, 6.45) is 4.26. The van der Waals surface area contributed by atoms with Crippen LogP contribution in [0.1, 0.15) is 52.3 Å². The van der Waals surface area contributed by atoms with Gasteiger partial charge in [-0.2, -0.15) is 0 Å². The van der Waals surface area contributed by atoms with Gasteiger partial charge in [-0.25, -0.2) is 4.98 Å². The average molecular weight is 392 g/mol. The van der Waals surface area contributed by atoms with Gasteiger partial charge in [-0.1, -0.05) is 18.2 Å². The van der Waals surface area contributed by atoms with Gasteiger partial charge in [0.05, 0.1) is 18.5 Å². The number of amides is 2. The maximum Gasteiger partial charge on any atom is 0.287 e. The Kier molecular flexibility index (Phi) is 5.46. The van der Waals surface area contributed by atoms with Crippen LogP contribution in [0.2, 0.25) is 0 Å². The van der Waals surface area contributed by atoms with Crippen molar-refractivity contribution in [1.82, 2.24) is 14.9 Å². The molecule has 0 bridgehead atoms. The van der Waals surface area contributed by atoms with Crippen molar-refractivity contribution in [2.75, 3.05) is 11.4 Å². The van der Waals surface area contributed by atoms with Gasteiger partial charge in [0.1, 0.15) is 5.76 Å². The number of imidazole rings is 1. The molecular weight excluding hydrogens is 368 g/mol. The first-order valence-corrected chi connectivity index (χ1v) is 9.96. The number of benzene rings is 1. The van der Waals surface area contributed by atoms with Crippen molar-refractivity contribution in [2.24, 2.45) is 0 Å². The predicted molar refractivity (Wildman–Crippen MR) is 109 cm³/mol. The highest BCUT2D eigenvalue weighted by molar-refractivity contribution is 6.06. The highest BCUT2D eigenvalue weighted by Crippen LogP contribution is 2.24. The van der Waals surface area contributed by atoms with Crippen LogP contribution < -0.4 is 10.2 Å². The Balaban J connectivity index is 1.63. The first-order valence-electron chi connectivity index (χ1n) is 9.96. The van der Waals surface area contributed by atoms with E-state index in [4.69, 9.17) is 4.42 Å². The van der Waals surface area contributed by atoms with Gasteiger partial charge in [0.15, 0.2) is 11.5 Å². The fourth-order valence-corrected chi connectivity index (χ4v) is 3.73. The number of furan rings is 1. The van der Waals surface area contributed by atoms with Crippen LogP contribution in [0.3, 0.4) is 0 Å². The van der Waals surface area contributed by atoms with Crippen molar-refractivity contribution >= 4 is 17.5 Å². The molecule has 0 atom stereocenters. The van der Waals surface area contributed by atoms with Gasteiger partial charge in [-0.05, 0) is 50.5 Å². The molecule has 0 aliphatic carbocycles. The molecule has 0 saturated carbocycles. The van der Waals surface area contributed by atoms with Crippen molar-refractivity contribution in [1.29, 1.82) is 0 Å². The molecule has 1 aliphatic heterocycles. The summed E-state index contributed by atoms with van der Waals surface area (Å²) < 4.78 is 7.16. The Bertz CT molecular complexity index is 993. The van der Waals surface area contributed by atoms with Crippen molar-refractivity contribution < 1.29 is 14.0 Å². The summed E-state index contributed by atoms with van der Waals surface area (Å²) in [7, 11) is 0. The van der Waals surface area contributed by atoms with Crippen LogP contribution in [0.15, 0.2) is 53.1 Å². The number of rotatable bonds is 6. The van der Waals surface area contributed by atoms with Crippen LogP contribution in [-0.2, 0) is 19.5 Å². The number of fused-ring (bicyclic) bond motifs is 1. The summed E-state index contributed by atoms with van der Waals surface area (Å²) in [5.74, 6) is 0.487. The minimum absolute atomic E-state index is 0.172. The summed E-state index contributed by atoms with van der Waals surface area (Å²) in [4.78, 5) is 32.3. The quantitative estimate of drug-likeness (QED) is 0.697. The lowest BCUT2D eigenvalue weighted by Gasteiger charge is -2.22. The van der Waals surface area contributed by atoms with E-state index in [-0.39, 0.29) is 18.4 Å². The maximum atomic E-state index is 13.3. The molecule has 0 unspecified atom stereocenters. The Labute approximate surface area is 169 Å². The molecule has 0 fully saturated rings. The molecule has 4 rings (SSSR count). The lowest BCUT2D eigenvalue weighted by Crippen LogP contribution is -2.32. The van der Waals surface area contributed by atoms with Gasteiger partial charge in [0.25, 0.3) is 11.8 Å². The predicted octanol–water partition coefficient (Wildman–Crippen LogP) is 3.41. The van der Waals surface area contributed by atoms with Crippen LogP contribution in [-0.4, -0.2) is 27.9 Å². The Morgan fingerprint density at radius 3 is 2.72 bits per heavy atom. The molecule has 3 heterocycles. The van der Waals surface area contributed by atoms with Crippen molar-refractivity contribution in [3.63, 3.8) is 0 Å². The first kappa shape index (κ1) is 19.0. The van der Waals surface area contributed by atoms with E-state index in [2.05, 4.69) is 10.3 Å². The second kappa shape index (κ2) is 8.34. The van der Waals surface area contributed by atoms with Gasteiger partial charge in [-0.3, -0.25) is 9.59 Å². The van der Waals surface area contributed by atoms with E-state index in [1.807, 2.05) is 41.8 Å². The zero-order chi connectivity index (χ0) is 20.2. The summed E-state index contributed by atoms with van der Waals surface area (Å²) in [5.41, 5.74) is 2.04. The van der Waals surface area contributed by atoms with Crippen LogP contribution >= 0.6 is 0 Å². The number of hydrogen-bond donors (Lipinski definition) is 1. The van der Waals surface area contributed by atoms with E-state index in [0.29, 0.717) is 30.4 Å². The highest BCUT2D eigenvalue weighted by Gasteiger charge is 2.30. The van der Waals surface area contributed by atoms with Crippen LogP contribution in [0, 0.1) is 0 Å². The Hall–Kier alpha value is -3.35. The monoisotopic (exact) mass is 392 g/mol. The average Bonchev–Trinajstić information content (AvgIpc) is 3.41. The molecule has 0 saturated heterocycles. The summed E-state index contributed by atoms with van der Waals surface area (Å²) in [6, 6.07) is 13.1.